The summed E-state index contributed by atoms with van der Waals surface area (Å²) in [5, 5.41) is 20.4. The molecular weight excluding hydrogens is 304 g/mol. The van der Waals surface area contributed by atoms with Crippen molar-refractivity contribution in [1.82, 2.24) is 0 Å². The van der Waals surface area contributed by atoms with Crippen LogP contribution in [-0.2, 0) is 6.42 Å². The van der Waals surface area contributed by atoms with Crippen molar-refractivity contribution >= 4 is 5.97 Å². The Kier molecular flexibility index (Phi) is 4.33. The van der Waals surface area contributed by atoms with Gasteiger partial charge in [0.25, 0.3) is 0 Å². The lowest BCUT2D eigenvalue weighted by Crippen LogP contribution is -2.36. The molecule has 1 saturated carbocycles. The number of phenols is 1. The molecule has 1 fully saturated rings. The van der Waals surface area contributed by atoms with Crippen LogP contribution in [0.4, 0.5) is 0 Å². The van der Waals surface area contributed by atoms with Gasteiger partial charge in [0.1, 0.15) is 23.2 Å². The highest BCUT2D eigenvalue weighted by atomic mass is 16.5. The Bertz CT molecular complexity index is 691. The molecule has 1 aromatic rings. The molecule has 2 aliphatic rings. The molecule has 0 spiro atoms. The van der Waals surface area contributed by atoms with E-state index in [1.54, 1.807) is 0 Å². The highest BCUT2D eigenvalue weighted by Gasteiger charge is 2.48. The summed E-state index contributed by atoms with van der Waals surface area (Å²) in [6.07, 6.45) is 3.47. The molecule has 1 heterocycles. The molecule has 1 aromatic carbocycles. The third-order valence-corrected chi connectivity index (χ3v) is 5.63. The number of rotatable bonds is 4. The molecule has 24 heavy (non-hydrogen) atoms. The van der Waals surface area contributed by atoms with Crippen LogP contribution >= 0.6 is 0 Å². The van der Waals surface area contributed by atoms with Gasteiger partial charge >= 0.3 is 5.97 Å². The number of hydrogen-bond donors (Lipinski definition) is 2. The molecule has 130 valence electrons. The first-order valence-corrected chi connectivity index (χ1v) is 8.80. The van der Waals surface area contributed by atoms with Crippen molar-refractivity contribution in [3.8, 4) is 11.5 Å². The third-order valence-electron chi connectivity index (χ3n) is 5.63. The van der Waals surface area contributed by atoms with Crippen LogP contribution in [-0.4, -0.2) is 22.3 Å². The van der Waals surface area contributed by atoms with Crippen LogP contribution in [0.15, 0.2) is 18.2 Å². The predicted octanol–water partition coefficient (Wildman–Crippen LogP) is 4.51. The maximum Gasteiger partial charge on any atom is 0.339 e. The van der Waals surface area contributed by atoms with Gasteiger partial charge in [-0.25, -0.2) is 4.79 Å². The molecule has 3 rings (SSSR count). The first-order valence-electron chi connectivity index (χ1n) is 8.80. The van der Waals surface area contributed by atoms with Gasteiger partial charge in [-0.15, -0.1) is 0 Å². The monoisotopic (exact) mass is 330 g/mol. The number of hydrogen-bond acceptors (Lipinski definition) is 3. The fourth-order valence-electron chi connectivity index (χ4n) is 4.46. The van der Waals surface area contributed by atoms with E-state index in [2.05, 4.69) is 13.5 Å². The first-order chi connectivity index (χ1) is 11.4. The zero-order valence-corrected chi connectivity index (χ0v) is 14.6. The summed E-state index contributed by atoms with van der Waals surface area (Å²) in [6, 6.07) is 1.84. The molecule has 1 aliphatic heterocycles. The molecule has 2 N–H and O–H groups in total. The van der Waals surface area contributed by atoms with Crippen molar-refractivity contribution in [1.29, 1.82) is 0 Å². The predicted molar refractivity (Wildman–Crippen MR) is 92.9 cm³/mol. The quantitative estimate of drug-likeness (QED) is 0.797. The fourth-order valence-corrected chi connectivity index (χ4v) is 4.46. The summed E-state index contributed by atoms with van der Waals surface area (Å²) in [4.78, 5) is 11.7. The summed E-state index contributed by atoms with van der Waals surface area (Å²) < 4.78 is 6.21. The molecule has 4 nitrogen and oxygen atoms in total. The Morgan fingerprint density at radius 1 is 1.42 bits per heavy atom. The molecule has 0 bridgehead atoms. The van der Waals surface area contributed by atoms with E-state index in [-0.39, 0.29) is 29.3 Å². The van der Waals surface area contributed by atoms with Crippen LogP contribution in [0.1, 0.15) is 67.4 Å². The lowest BCUT2D eigenvalue weighted by atomic mass is 9.68. The number of fused-ring (bicyclic) bond motifs is 3. The number of aryl methyl sites for hydroxylation is 1. The number of aromatic carboxylic acids is 1. The summed E-state index contributed by atoms with van der Waals surface area (Å²) in [7, 11) is 0. The van der Waals surface area contributed by atoms with E-state index in [9.17, 15) is 15.0 Å². The summed E-state index contributed by atoms with van der Waals surface area (Å²) in [5.74, 6) is 0.0810. The molecule has 0 aromatic heterocycles. The Labute approximate surface area is 143 Å². The number of aromatic hydroxyl groups is 1. The second kappa shape index (κ2) is 6.15. The highest BCUT2D eigenvalue weighted by Crippen LogP contribution is 2.56. The van der Waals surface area contributed by atoms with Crippen molar-refractivity contribution in [3.05, 3.63) is 34.9 Å². The van der Waals surface area contributed by atoms with E-state index < -0.39 is 5.97 Å². The molecule has 2 unspecified atom stereocenters. The van der Waals surface area contributed by atoms with Crippen molar-refractivity contribution in [2.24, 2.45) is 11.8 Å². The number of allylic oxidation sites excluding steroid dienone is 1. The van der Waals surface area contributed by atoms with E-state index in [4.69, 9.17) is 4.74 Å². The van der Waals surface area contributed by atoms with Crippen molar-refractivity contribution < 1.29 is 19.7 Å². The molecule has 4 atom stereocenters. The Morgan fingerprint density at radius 2 is 2.12 bits per heavy atom. The molecule has 0 radical (unpaired) electrons. The Hall–Kier alpha value is -1.97. The van der Waals surface area contributed by atoms with E-state index in [0.717, 1.165) is 24.8 Å². The van der Waals surface area contributed by atoms with E-state index in [1.165, 1.54) is 0 Å². The summed E-state index contributed by atoms with van der Waals surface area (Å²) >= 11 is 0. The minimum Gasteiger partial charge on any atom is -0.507 e. The number of benzene rings is 1. The van der Waals surface area contributed by atoms with Crippen LogP contribution < -0.4 is 4.74 Å². The summed E-state index contributed by atoms with van der Waals surface area (Å²) in [6.45, 7) is 10.3. The van der Waals surface area contributed by atoms with Crippen molar-refractivity contribution in [2.45, 2.75) is 58.5 Å². The number of carboxylic acid groups (broad SMARTS) is 1. The Balaban J connectivity index is 2.18. The summed E-state index contributed by atoms with van der Waals surface area (Å²) in [5.41, 5.74) is 2.44. The highest BCUT2D eigenvalue weighted by molar-refractivity contribution is 5.94. The topological polar surface area (TPSA) is 66.8 Å². The third kappa shape index (κ3) is 2.48. The number of carboxylic acids is 1. The Morgan fingerprint density at radius 3 is 2.71 bits per heavy atom. The average molecular weight is 330 g/mol. The van der Waals surface area contributed by atoms with Crippen LogP contribution in [0.3, 0.4) is 0 Å². The minimum atomic E-state index is -1.07. The number of ether oxygens (including phenoxy) is 1. The van der Waals surface area contributed by atoms with Gasteiger partial charge in [-0.1, -0.05) is 32.4 Å². The lowest BCUT2D eigenvalue weighted by Gasteiger charge is -2.37. The van der Waals surface area contributed by atoms with E-state index >= 15 is 0 Å². The van der Waals surface area contributed by atoms with Gasteiger partial charge in [0.2, 0.25) is 0 Å². The van der Waals surface area contributed by atoms with Crippen molar-refractivity contribution in [3.63, 3.8) is 0 Å². The SMILES string of the molecule is C=C(C)[C@@H]1CC[C@@H](C)C2Oc3cc(CCC)c(C(=O)O)c(O)c3C21. The average Bonchev–Trinajstić information content (AvgIpc) is 2.87. The maximum absolute atomic E-state index is 11.7. The molecule has 4 heteroatoms. The largest absolute Gasteiger partial charge is 0.507 e. The van der Waals surface area contributed by atoms with Crippen LogP contribution in [0, 0.1) is 11.8 Å². The normalized spacial score (nSPS) is 28.0. The molecular formula is C20H26O4. The van der Waals surface area contributed by atoms with Gasteiger partial charge in [0.05, 0.1) is 0 Å². The van der Waals surface area contributed by atoms with Gasteiger partial charge in [-0.3, -0.25) is 0 Å². The second-order valence-corrected chi connectivity index (χ2v) is 7.34. The standard InChI is InChI=1S/C20H26O4/c1-5-6-12-9-14-17(18(21)15(12)20(22)23)16-13(10(2)3)8-7-11(4)19(16)24-14/h9,11,13,16,19,21H,2,5-8H2,1,3-4H3,(H,22,23)/t11-,13+,16?,19?/m1/s1. The number of carbonyl (C=O) groups is 1. The fraction of sp³-hybridized carbons (Fsp3) is 0.550. The van der Waals surface area contributed by atoms with Gasteiger partial charge < -0.3 is 14.9 Å². The molecule has 1 aliphatic carbocycles. The van der Waals surface area contributed by atoms with Crippen molar-refractivity contribution in [2.75, 3.05) is 0 Å². The molecule has 0 saturated heterocycles. The zero-order chi connectivity index (χ0) is 17.6. The van der Waals surface area contributed by atoms with Crippen LogP contribution in [0.2, 0.25) is 0 Å². The van der Waals surface area contributed by atoms with Gasteiger partial charge in [0.15, 0.2) is 0 Å². The van der Waals surface area contributed by atoms with E-state index in [0.29, 0.717) is 29.2 Å². The van der Waals surface area contributed by atoms with E-state index in [1.807, 2.05) is 19.9 Å². The minimum absolute atomic E-state index is 0.00461. The first kappa shape index (κ1) is 16.9. The van der Waals surface area contributed by atoms with Crippen LogP contribution in [0.25, 0.3) is 0 Å². The smallest absolute Gasteiger partial charge is 0.339 e. The molecule has 0 amide bonds. The zero-order valence-electron chi connectivity index (χ0n) is 14.6. The maximum atomic E-state index is 11.7. The van der Waals surface area contributed by atoms with Crippen LogP contribution in [0.5, 0.6) is 11.5 Å². The second-order valence-electron chi connectivity index (χ2n) is 7.34. The van der Waals surface area contributed by atoms with Gasteiger partial charge in [-0.05, 0) is 49.7 Å². The van der Waals surface area contributed by atoms with Gasteiger partial charge in [0, 0.05) is 11.5 Å². The lowest BCUT2D eigenvalue weighted by molar-refractivity contribution is 0.0692. The van der Waals surface area contributed by atoms with Gasteiger partial charge in [-0.2, -0.15) is 0 Å².